The van der Waals surface area contributed by atoms with E-state index in [4.69, 9.17) is 9.47 Å². The molecule has 1 aliphatic heterocycles. The van der Waals surface area contributed by atoms with E-state index in [1.165, 1.54) is 0 Å². The van der Waals surface area contributed by atoms with Crippen molar-refractivity contribution in [3.05, 3.63) is 27.7 Å². The summed E-state index contributed by atoms with van der Waals surface area (Å²) in [5.41, 5.74) is 2.12. The van der Waals surface area contributed by atoms with Crippen LogP contribution in [0.25, 0.3) is 0 Å². The largest absolute Gasteiger partial charge is 0.485 e. The van der Waals surface area contributed by atoms with Crippen LogP contribution in [0.4, 0.5) is 0 Å². The summed E-state index contributed by atoms with van der Waals surface area (Å²) < 4.78 is 12.2. The van der Waals surface area contributed by atoms with Crippen molar-refractivity contribution in [3.63, 3.8) is 0 Å². The first-order valence-corrected chi connectivity index (χ1v) is 6.77. The Labute approximate surface area is 115 Å². The highest BCUT2D eigenvalue weighted by Gasteiger charge is 2.29. The summed E-state index contributed by atoms with van der Waals surface area (Å²) in [6.07, 6.45) is -0.823. The molecule has 1 aliphatic rings. The van der Waals surface area contributed by atoms with Gasteiger partial charge in [-0.05, 0) is 31.7 Å². The van der Waals surface area contributed by atoms with Crippen molar-refractivity contribution in [1.29, 1.82) is 0 Å². The summed E-state index contributed by atoms with van der Waals surface area (Å²) >= 11 is 3.48. The number of hydrogen-bond donors (Lipinski definition) is 2. The Kier molecular flexibility index (Phi) is 4.61. The van der Waals surface area contributed by atoms with E-state index in [-0.39, 0.29) is 6.10 Å². The van der Waals surface area contributed by atoms with Crippen LogP contribution in [0.3, 0.4) is 0 Å². The standard InChI is InChI=1S/C13H18BrNO3/c1-8-3-10(14)4-9(5-15-2)13(8)18-12-7-17-6-11(12)16/h3-4,11-12,15-16H,5-7H2,1-2H3. The van der Waals surface area contributed by atoms with E-state index in [0.29, 0.717) is 13.2 Å². The lowest BCUT2D eigenvalue weighted by molar-refractivity contribution is 0.0722. The van der Waals surface area contributed by atoms with Gasteiger partial charge in [-0.25, -0.2) is 0 Å². The van der Waals surface area contributed by atoms with Gasteiger partial charge in [0.05, 0.1) is 13.2 Å². The second-order valence-electron chi connectivity index (χ2n) is 4.50. The first kappa shape index (κ1) is 13.8. The molecule has 4 nitrogen and oxygen atoms in total. The summed E-state index contributed by atoms with van der Waals surface area (Å²) in [6, 6.07) is 4.04. The molecule has 100 valence electrons. The van der Waals surface area contributed by atoms with Crippen LogP contribution in [-0.2, 0) is 11.3 Å². The van der Waals surface area contributed by atoms with Gasteiger partial charge in [-0.2, -0.15) is 0 Å². The number of halogens is 1. The molecule has 1 fully saturated rings. The molecule has 2 unspecified atom stereocenters. The predicted octanol–water partition coefficient (Wildman–Crippen LogP) is 1.62. The Morgan fingerprint density at radius 3 is 2.89 bits per heavy atom. The fourth-order valence-electron chi connectivity index (χ4n) is 2.08. The van der Waals surface area contributed by atoms with Crippen LogP contribution in [0.1, 0.15) is 11.1 Å². The van der Waals surface area contributed by atoms with E-state index < -0.39 is 6.10 Å². The van der Waals surface area contributed by atoms with Gasteiger partial charge in [0.2, 0.25) is 0 Å². The molecule has 0 radical (unpaired) electrons. The Balaban J connectivity index is 2.24. The highest BCUT2D eigenvalue weighted by atomic mass is 79.9. The maximum absolute atomic E-state index is 9.74. The minimum atomic E-state index is -0.546. The van der Waals surface area contributed by atoms with Crippen molar-refractivity contribution < 1.29 is 14.6 Å². The maximum atomic E-state index is 9.74. The summed E-state index contributed by atoms with van der Waals surface area (Å²) in [7, 11) is 1.90. The normalized spacial score (nSPS) is 23.3. The molecule has 2 rings (SSSR count). The van der Waals surface area contributed by atoms with Gasteiger partial charge in [0.1, 0.15) is 18.0 Å². The highest BCUT2D eigenvalue weighted by Crippen LogP contribution is 2.30. The SMILES string of the molecule is CNCc1cc(Br)cc(C)c1OC1COCC1O. The molecule has 0 amide bonds. The van der Waals surface area contributed by atoms with E-state index in [2.05, 4.69) is 21.2 Å². The van der Waals surface area contributed by atoms with Crippen LogP contribution < -0.4 is 10.1 Å². The topological polar surface area (TPSA) is 50.7 Å². The first-order chi connectivity index (χ1) is 8.61. The molecule has 1 aromatic rings. The second-order valence-corrected chi connectivity index (χ2v) is 5.42. The van der Waals surface area contributed by atoms with Gasteiger partial charge < -0.3 is 19.9 Å². The number of nitrogens with one attached hydrogen (secondary N) is 1. The zero-order valence-corrected chi connectivity index (χ0v) is 12.2. The monoisotopic (exact) mass is 315 g/mol. The van der Waals surface area contributed by atoms with Gasteiger partial charge in [-0.3, -0.25) is 0 Å². The third-order valence-electron chi connectivity index (χ3n) is 2.95. The fraction of sp³-hybridized carbons (Fsp3) is 0.538. The number of ether oxygens (including phenoxy) is 2. The third kappa shape index (κ3) is 3.03. The lowest BCUT2D eigenvalue weighted by Gasteiger charge is -2.20. The number of hydrogen-bond acceptors (Lipinski definition) is 4. The molecule has 1 saturated heterocycles. The number of aryl methyl sites for hydroxylation is 1. The van der Waals surface area contributed by atoms with Crippen molar-refractivity contribution in [2.45, 2.75) is 25.7 Å². The van der Waals surface area contributed by atoms with Crippen LogP contribution in [0.5, 0.6) is 5.75 Å². The quantitative estimate of drug-likeness (QED) is 0.886. The molecule has 18 heavy (non-hydrogen) atoms. The van der Waals surface area contributed by atoms with Crippen LogP contribution in [0.2, 0.25) is 0 Å². The highest BCUT2D eigenvalue weighted by molar-refractivity contribution is 9.10. The molecule has 0 aromatic heterocycles. The average molecular weight is 316 g/mol. The van der Waals surface area contributed by atoms with Gasteiger partial charge in [-0.15, -0.1) is 0 Å². The first-order valence-electron chi connectivity index (χ1n) is 5.98. The molecule has 2 atom stereocenters. The van der Waals surface area contributed by atoms with E-state index >= 15 is 0 Å². The molecule has 1 aromatic carbocycles. The van der Waals surface area contributed by atoms with E-state index in [0.717, 1.165) is 27.9 Å². The van der Waals surface area contributed by atoms with Gasteiger partial charge in [0.15, 0.2) is 0 Å². The average Bonchev–Trinajstić information content (AvgIpc) is 2.69. The Hall–Kier alpha value is -0.620. The van der Waals surface area contributed by atoms with Gasteiger partial charge in [0, 0.05) is 16.6 Å². The van der Waals surface area contributed by atoms with Crippen molar-refractivity contribution in [3.8, 4) is 5.75 Å². The van der Waals surface area contributed by atoms with Gasteiger partial charge in [-0.1, -0.05) is 15.9 Å². The number of aliphatic hydroxyl groups is 1. The molecule has 0 bridgehead atoms. The molecule has 0 saturated carbocycles. The zero-order chi connectivity index (χ0) is 13.1. The van der Waals surface area contributed by atoms with E-state index in [1.54, 1.807) is 0 Å². The fourth-order valence-corrected chi connectivity index (χ4v) is 2.70. The van der Waals surface area contributed by atoms with Crippen molar-refractivity contribution >= 4 is 15.9 Å². The third-order valence-corrected chi connectivity index (χ3v) is 3.41. The number of aliphatic hydroxyl groups excluding tert-OH is 1. The van der Waals surface area contributed by atoms with Crippen molar-refractivity contribution in [1.82, 2.24) is 5.32 Å². The Morgan fingerprint density at radius 2 is 2.28 bits per heavy atom. The van der Waals surface area contributed by atoms with E-state index in [9.17, 15) is 5.11 Å². The summed E-state index contributed by atoms with van der Waals surface area (Å²) in [6.45, 7) is 3.51. The van der Waals surface area contributed by atoms with Gasteiger partial charge >= 0.3 is 0 Å². The minimum Gasteiger partial charge on any atom is -0.485 e. The lowest BCUT2D eigenvalue weighted by atomic mass is 10.1. The molecular formula is C13H18BrNO3. The van der Waals surface area contributed by atoms with Crippen LogP contribution >= 0.6 is 15.9 Å². The lowest BCUT2D eigenvalue weighted by Crippen LogP contribution is -2.30. The smallest absolute Gasteiger partial charge is 0.150 e. The van der Waals surface area contributed by atoms with E-state index in [1.807, 2.05) is 26.1 Å². The molecular weight excluding hydrogens is 298 g/mol. The molecule has 1 heterocycles. The van der Waals surface area contributed by atoms with Gasteiger partial charge in [0.25, 0.3) is 0 Å². The van der Waals surface area contributed by atoms with Crippen molar-refractivity contribution in [2.24, 2.45) is 0 Å². The summed E-state index contributed by atoms with van der Waals surface area (Å²) in [5.74, 6) is 0.835. The molecule has 5 heteroatoms. The minimum absolute atomic E-state index is 0.277. The molecule has 0 aliphatic carbocycles. The van der Waals surface area contributed by atoms with Crippen LogP contribution in [0.15, 0.2) is 16.6 Å². The maximum Gasteiger partial charge on any atom is 0.150 e. The predicted molar refractivity (Wildman–Crippen MR) is 72.9 cm³/mol. The summed E-state index contributed by atoms with van der Waals surface area (Å²) in [4.78, 5) is 0. The van der Waals surface area contributed by atoms with Crippen LogP contribution in [0, 0.1) is 6.92 Å². The van der Waals surface area contributed by atoms with Crippen LogP contribution in [-0.4, -0.2) is 37.6 Å². The zero-order valence-electron chi connectivity index (χ0n) is 10.6. The molecule has 2 N–H and O–H groups in total. The molecule has 0 spiro atoms. The Bertz CT molecular complexity index is 425. The number of benzene rings is 1. The second kappa shape index (κ2) is 6.02. The summed E-state index contributed by atoms with van der Waals surface area (Å²) in [5, 5.41) is 12.9. The number of rotatable bonds is 4. The van der Waals surface area contributed by atoms with Crippen molar-refractivity contribution in [2.75, 3.05) is 20.3 Å². The Morgan fingerprint density at radius 1 is 1.50 bits per heavy atom.